The third-order valence-electron chi connectivity index (χ3n) is 9.55. The summed E-state index contributed by atoms with van der Waals surface area (Å²) in [6.45, 7) is 4.39. The van der Waals surface area contributed by atoms with Crippen LogP contribution in [0.2, 0.25) is 0 Å². The minimum absolute atomic E-state index is 0.759. The Labute approximate surface area is 248 Å². The normalized spacial score (nSPS) is 18.8. The van der Waals surface area contributed by atoms with Crippen LogP contribution in [0.3, 0.4) is 0 Å². The lowest BCUT2D eigenvalue weighted by Crippen LogP contribution is -2.35. The molecule has 0 bridgehead atoms. The number of fused-ring (bicyclic) bond motifs is 8. The molecule has 0 aromatic heterocycles. The largest absolute Gasteiger partial charge is 0.496 e. The van der Waals surface area contributed by atoms with Gasteiger partial charge < -0.3 is 14.4 Å². The zero-order valence-corrected chi connectivity index (χ0v) is 24.3. The highest BCUT2D eigenvalue weighted by atomic mass is 16.5. The average Bonchev–Trinajstić information content (AvgIpc) is 3.45. The Bertz CT molecular complexity index is 1850. The van der Waals surface area contributed by atoms with Gasteiger partial charge in [-0.15, -0.1) is 0 Å². The maximum atomic E-state index is 7.47. The Morgan fingerprint density at radius 2 is 1.52 bits per heavy atom. The van der Waals surface area contributed by atoms with Crippen LogP contribution in [0.25, 0.3) is 28.0 Å². The zero-order chi connectivity index (χ0) is 28.3. The first kappa shape index (κ1) is 25.2. The number of benzene rings is 5. The van der Waals surface area contributed by atoms with Crippen LogP contribution < -0.4 is 14.4 Å². The predicted molar refractivity (Wildman–Crippen MR) is 173 cm³/mol. The van der Waals surface area contributed by atoms with Crippen LogP contribution in [0, 0.1) is 6.92 Å². The third-order valence-corrected chi connectivity index (χ3v) is 9.55. The van der Waals surface area contributed by atoms with Crippen molar-refractivity contribution in [3.8, 4) is 22.6 Å². The predicted octanol–water partition coefficient (Wildman–Crippen LogP) is 9.07. The van der Waals surface area contributed by atoms with Crippen LogP contribution in [0.4, 0.5) is 5.69 Å². The van der Waals surface area contributed by atoms with E-state index in [-0.39, 0.29) is 0 Å². The average molecular weight is 550 g/mol. The van der Waals surface area contributed by atoms with E-state index in [1.54, 1.807) is 7.11 Å². The van der Waals surface area contributed by atoms with Crippen molar-refractivity contribution < 1.29 is 9.47 Å². The highest BCUT2D eigenvalue weighted by Gasteiger charge is 2.41. The topological polar surface area (TPSA) is 21.7 Å². The van der Waals surface area contributed by atoms with E-state index in [4.69, 9.17) is 9.47 Å². The van der Waals surface area contributed by atoms with Gasteiger partial charge in [0, 0.05) is 46.4 Å². The molecule has 3 nitrogen and oxygen atoms in total. The second-order valence-electron chi connectivity index (χ2n) is 11.9. The lowest BCUT2D eigenvalue weighted by Gasteiger charge is -2.38. The first-order valence-electron chi connectivity index (χ1n) is 15.2. The Kier molecular flexibility index (Phi) is 5.89. The molecule has 0 saturated carbocycles. The van der Waals surface area contributed by atoms with Gasteiger partial charge in [0.2, 0.25) is 0 Å². The van der Waals surface area contributed by atoms with E-state index in [1.165, 1.54) is 52.6 Å². The van der Waals surface area contributed by atoms with Crippen molar-refractivity contribution in [3.63, 3.8) is 0 Å². The summed E-state index contributed by atoms with van der Waals surface area (Å²) < 4.78 is 13.5. The van der Waals surface area contributed by atoms with E-state index >= 15 is 0 Å². The lowest BCUT2D eigenvalue weighted by atomic mass is 9.81. The Balaban J connectivity index is 1.37. The fourth-order valence-electron chi connectivity index (χ4n) is 7.46. The molecule has 3 heteroatoms. The van der Waals surface area contributed by atoms with Crippen LogP contribution >= 0.6 is 0 Å². The van der Waals surface area contributed by atoms with Gasteiger partial charge in [-0.2, -0.15) is 0 Å². The standard InChI is InChI=1S/C39H35NO2/c1-26-15-20-32-34-25-27-11-7-8-14-31(27)35(34)38-33(36(32)37(26)41-2)21-22-39(42-38,28-12-5-3-6-13-28)29-16-18-30(19-17-29)40-23-9-4-10-24-40/h3,5-8,11-22H,4,9-10,23-25H2,1-2H3. The Hall–Kier alpha value is -4.50. The van der Waals surface area contributed by atoms with Crippen molar-refractivity contribution in [1.29, 1.82) is 0 Å². The van der Waals surface area contributed by atoms with Crippen LogP contribution in [0.5, 0.6) is 11.5 Å². The molecule has 1 atom stereocenters. The molecule has 1 fully saturated rings. The minimum atomic E-state index is -0.759. The summed E-state index contributed by atoms with van der Waals surface area (Å²) in [5, 5.41) is 2.38. The number of anilines is 1. The van der Waals surface area contributed by atoms with Gasteiger partial charge in [0.05, 0.1) is 7.11 Å². The number of methoxy groups -OCH3 is 1. The maximum absolute atomic E-state index is 7.47. The van der Waals surface area contributed by atoms with E-state index < -0.39 is 5.60 Å². The van der Waals surface area contributed by atoms with Gasteiger partial charge in [0.15, 0.2) is 5.60 Å². The second-order valence-corrected chi connectivity index (χ2v) is 11.9. The van der Waals surface area contributed by atoms with E-state index in [1.807, 2.05) is 0 Å². The maximum Gasteiger partial charge on any atom is 0.178 e. The summed E-state index contributed by atoms with van der Waals surface area (Å²) in [6.07, 6.45) is 9.29. The van der Waals surface area contributed by atoms with Crippen LogP contribution in [-0.4, -0.2) is 20.2 Å². The second kappa shape index (κ2) is 9.80. The number of rotatable bonds is 4. The quantitative estimate of drug-likeness (QED) is 0.219. The summed E-state index contributed by atoms with van der Waals surface area (Å²) >= 11 is 0. The number of piperidine rings is 1. The van der Waals surface area contributed by atoms with Crippen molar-refractivity contribution in [1.82, 2.24) is 0 Å². The number of hydrogen-bond acceptors (Lipinski definition) is 3. The van der Waals surface area contributed by atoms with Crippen LogP contribution in [0.1, 0.15) is 52.6 Å². The van der Waals surface area contributed by atoms with Crippen molar-refractivity contribution in [2.45, 2.75) is 38.2 Å². The summed E-state index contributed by atoms with van der Waals surface area (Å²) in [6, 6.07) is 33.0. The van der Waals surface area contributed by atoms with E-state index in [9.17, 15) is 0 Å². The molecular formula is C39H35NO2. The lowest BCUT2D eigenvalue weighted by molar-refractivity contribution is 0.162. The van der Waals surface area contributed by atoms with Crippen molar-refractivity contribution in [2.24, 2.45) is 0 Å². The summed E-state index contributed by atoms with van der Waals surface area (Å²) in [5.74, 6) is 1.87. The zero-order valence-electron chi connectivity index (χ0n) is 24.3. The van der Waals surface area contributed by atoms with Crippen molar-refractivity contribution >= 4 is 22.5 Å². The molecule has 42 heavy (non-hydrogen) atoms. The van der Waals surface area contributed by atoms with E-state index in [0.29, 0.717) is 0 Å². The van der Waals surface area contributed by atoms with Crippen molar-refractivity contribution in [3.05, 3.63) is 130 Å². The fourth-order valence-corrected chi connectivity index (χ4v) is 7.46. The SMILES string of the molecule is COc1c(C)ccc2c3c(c4c(c12)C=CC(c1ccccc1)(c1ccc(N2CCCCC2)cc1)O4)-c1ccccc1C3. The molecule has 5 aromatic rings. The molecule has 0 amide bonds. The summed E-state index contributed by atoms with van der Waals surface area (Å²) in [7, 11) is 1.78. The van der Waals surface area contributed by atoms with Gasteiger partial charge in [-0.25, -0.2) is 0 Å². The number of hydrogen-bond donors (Lipinski definition) is 0. The first-order valence-corrected chi connectivity index (χ1v) is 15.2. The number of ether oxygens (including phenoxy) is 2. The van der Waals surface area contributed by atoms with Crippen LogP contribution in [-0.2, 0) is 12.0 Å². The monoisotopic (exact) mass is 549 g/mol. The van der Waals surface area contributed by atoms with Crippen LogP contribution in [0.15, 0.2) is 97.1 Å². The molecule has 0 spiro atoms. The minimum Gasteiger partial charge on any atom is -0.496 e. The molecule has 0 N–H and O–H groups in total. The fraction of sp³-hybridized carbons (Fsp3) is 0.231. The van der Waals surface area contributed by atoms with Gasteiger partial charge in [-0.1, -0.05) is 78.9 Å². The molecule has 3 aliphatic rings. The molecule has 0 radical (unpaired) electrons. The van der Waals surface area contributed by atoms with Gasteiger partial charge >= 0.3 is 0 Å². The Morgan fingerprint density at radius 1 is 0.786 bits per heavy atom. The molecule has 2 aliphatic heterocycles. The van der Waals surface area contributed by atoms with E-state index in [0.717, 1.165) is 58.6 Å². The van der Waals surface area contributed by atoms with E-state index in [2.05, 4.69) is 115 Å². The van der Waals surface area contributed by atoms with Gasteiger partial charge in [-0.05, 0) is 84.5 Å². The summed E-state index contributed by atoms with van der Waals surface area (Å²) in [5.41, 5.74) is 10.2. The first-order chi connectivity index (χ1) is 20.7. The molecule has 1 unspecified atom stereocenters. The highest BCUT2D eigenvalue weighted by Crippen LogP contribution is 2.55. The molecule has 8 rings (SSSR count). The number of nitrogens with zero attached hydrogens (tertiary/aromatic N) is 1. The summed E-state index contributed by atoms with van der Waals surface area (Å²) in [4.78, 5) is 2.51. The van der Waals surface area contributed by atoms with Gasteiger partial charge in [0.25, 0.3) is 0 Å². The molecule has 2 heterocycles. The molecule has 1 aliphatic carbocycles. The molecule has 1 saturated heterocycles. The smallest absolute Gasteiger partial charge is 0.178 e. The van der Waals surface area contributed by atoms with Crippen molar-refractivity contribution in [2.75, 3.05) is 25.1 Å². The van der Waals surface area contributed by atoms with Gasteiger partial charge in [0.1, 0.15) is 11.5 Å². The molecule has 208 valence electrons. The van der Waals surface area contributed by atoms with Gasteiger partial charge in [-0.3, -0.25) is 0 Å². The highest BCUT2D eigenvalue weighted by molar-refractivity contribution is 6.07. The third kappa shape index (κ3) is 3.73. The Morgan fingerprint density at radius 3 is 2.31 bits per heavy atom. The molecule has 5 aromatic carbocycles. The number of aryl methyl sites for hydroxylation is 1. The molecular weight excluding hydrogens is 514 g/mol.